The summed E-state index contributed by atoms with van der Waals surface area (Å²) >= 11 is 6.21. The maximum atomic E-state index is 6.21. The topological polar surface area (TPSA) is 114 Å². The third-order valence-corrected chi connectivity index (χ3v) is 6.68. The van der Waals surface area contributed by atoms with Crippen molar-refractivity contribution in [1.29, 1.82) is 0 Å². The predicted octanol–water partition coefficient (Wildman–Crippen LogP) is 5.12. The van der Waals surface area contributed by atoms with E-state index in [4.69, 9.17) is 23.1 Å². The highest BCUT2D eigenvalue weighted by atomic mass is 35.5. The van der Waals surface area contributed by atoms with Crippen LogP contribution < -0.4 is 22.1 Å². The maximum Gasteiger partial charge on any atom is 0.229 e. The number of allylic oxidation sites excluding steroid dienone is 1. The first-order chi connectivity index (χ1) is 15.8. The molecule has 0 amide bonds. The van der Waals surface area contributed by atoms with Gasteiger partial charge in [-0.3, -0.25) is 0 Å². The molecule has 176 valence electrons. The Labute approximate surface area is 201 Å². The van der Waals surface area contributed by atoms with E-state index < -0.39 is 0 Å². The fraction of sp³-hybridized carbons (Fsp3) is 0.480. The quantitative estimate of drug-likeness (QED) is 0.332. The first-order valence-electron chi connectivity index (χ1n) is 11.7. The zero-order valence-electron chi connectivity index (χ0n) is 19.7. The van der Waals surface area contributed by atoms with Crippen LogP contribution in [0.4, 0.5) is 17.5 Å². The number of anilines is 2. The molecule has 0 radical (unpaired) electrons. The van der Waals surface area contributed by atoms with E-state index in [1.807, 2.05) is 0 Å². The zero-order chi connectivity index (χ0) is 23.5. The van der Waals surface area contributed by atoms with Crippen molar-refractivity contribution in [1.82, 2.24) is 15.3 Å². The average Bonchev–Trinajstić information content (AvgIpc) is 3.57. The van der Waals surface area contributed by atoms with Gasteiger partial charge < -0.3 is 22.1 Å². The van der Waals surface area contributed by atoms with Gasteiger partial charge in [-0.25, -0.2) is 9.98 Å². The van der Waals surface area contributed by atoms with Gasteiger partial charge in [-0.05, 0) is 94.0 Å². The number of halogens is 1. The Morgan fingerprint density at radius 2 is 1.73 bits per heavy atom. The van der Waals surface area contributed by atoms with E-state index in [1.165, 1.54) is 61.4 Å². The molecule has 0 unspecified atom stereocenters. The lowest BCUT2D eigenvalue weighted by atomic mass is 9.79. The first kappa shape index (κ1) is 23.5. The third kappa shape index (κ3) is 6.24. The molecule has 2 saturated carbocycles. The molecule has 1 heterocycles. The van der Waals surface area contributed by atoms with Gasteiger partial charge in [0, 0.05) is 23.5 Å². The average molecular weight is 468 g/mol. The lowest BCUT2D eigenvalue weighted by Gasteiger charge is -2.31. The minimum Gasteiger partial charge on any atom is -0.402 e. The first-order valence-corrected chi connectivity index (χ1v) is 12.1. The Morgan fingerprint density at radius 3 is 2.36 bits per heavy atom. The summed E-state index contributed by atoms with van der Waals surface area (Å²) in [6.45, 7) is 6.05. The van der Waals surface area contributed by atoms with Crippen LogP contribution in [0.2, 0.25) is 5.02 Å². The van der Waals surface area contributed by atoms with Crippen molar-refractivity contribution in [2.24, 2.45) is 16.5 Å². The molecule has 0 saturated heterocycles. The fourth-order valence-electron chi connectivity index (χ4n) is 4.57. The van der Waals surface area contributed by atoms with E-state index in [9.17, 15) is 0 Å². The van der Waals surface area contributed by atoms with Gasteiger partial charge in [0.1, 0.15) is 10.9 Å². The zero-order valence-corrected chi connectivity index (χ0v) is 20.4. The second kappa shape index (κ2) is 10.1. The van der Waals surface area contributed by atoms with Crippen molar-refractivity contribution in [2.75, 3.05) is 5.32 Å². The van der Waals surface area contributed by atoms with Gasteiger partial charge in [0.25, 0.3) is 0 Å². The van der Waals surface area contributed by atoms with Crippen LogP contribution in [0.25, 0.3) is 0 Å². The fourth-order valence-corrected chi connectivity index (χ4v) is 4.71. The number of nitrogens with one attached hydrogen (secondary N) is 2. The Balaban J connectivity index is 1.47. The molecule has 1 aromatic carbocycles. The van der Waals surface area contributed by atoms with Crippen LogP contribution in [0.3, 0.4) is 0 Å². The molecule has 0 spiro atoms. The standard InChI is InChI=1S/C25H34ClN7/c1-14-11-22(31-25-29-13-21(26)24(33-25)32-23(28)12-16(3)27)15(2)10-20(14)17-4-6-18(7-5-17)30-19-8-9-19/h10-13,17-19,30H,4-9,27H2,1-3H3,(H3,28,29,31,32,33)/b16-12-. The monoisotopic (exact) mass is 467 g/mol. The lowest BCUT2D eigenvalue weighted by Crippen LogP contribution is -2.34. The number of hydrogen-bond donors (Lipinski definition) is 4. The normalized spacial score (nSPS) is 21.8. The summed E-state index contributed by atoms with van der Waals surface area (Å²) in [7, 11) is 0. The van der Waals surface area contributed by atoms with Gasteiger partial charge in [-0.2, -0.15) is 4.98 Å². The second-order valence-corrected chi connectivity index (χ2v) is 9.84. The van der Waals surface area contributed by atoms with E-state index in [0.29, 0.717) is 34.4 Å². The van der Waals surface area contributed by atoms with Crippen molar-refractivity contribution in [2.45, 2.75) is 77.3 Å². The number of amidine groups is 1. The molecule has 6 N–H and O–H groups in total. The van der Waals surface area contributed by atoms with Crippen molar-refractivity contribution < 1.29 is 0 Å². The van der Waals surface area contributed by atoms with Gasteiger partial charge in [0.2, 0.25) is 5.95 Å². The second-order valence-electron chi connectivity index (χ2n) is 9.43. The van der Waals surface area contributed by atoms with Crippen LogP contribution in [-0.2, 0) is 0 Å². The number of nitrogens with two attached hydrogens (primary N) is 2. The number of hydrogen-bond acceptors (Lipinski definition) is 6. The molecule has 2 fully saturated rings. The molecule has 4 rings (SSSR count). The molecule has 2 aliphatic carbocycles. The summed E-state index contributed by atoms with van der Waals surface area (Å²) in [6, 6.07) is 6.00. The number of rotatable bonds is 7. The minimum absolute atomic E-state index is 0.236. The molecule has 0 bridgehead atoms. The van der Waals surface area contributed by atoms with Crippen LogP contribution in [0.1, 0.15) is 68.1 Å². The SMILES string of the molecule is C/C(N)=C/C(N)=Nc1nc(Nc2cc(C)c(C3CCC(NC4CC4)CC3)cc2C)ncc1Cl. The van der Waals surface area contributed by atoms with Gasteiger partial charge in [-0.15, -0.1) is 0 Å². The van der Waals surface area contributed by atoms with Gasteiger partial charge in [-0.1, -0.05) is 17.7 Å². The van der Waals surface area contributed by atoms with E-state index in [0.717, 1.165) is 11.7 Å². The van der Waals surface area contributed by atoms with Crippen LogP contribution in [-0.4, -0.2) is 27.9 Å². The molecule has 2 aromatic rings. The molecular formula is C25H34ClN7. The Kier molecular flexibility index (Phi) is 7.20. The third-order valence-electron chi connectivity index (χ3n) is 6.41. The van der Waals surface area contributed by atoms with Crippen molar-refractivity contribution >= 4 is 34.9 Å². The number of aryl methyl sites for hydroxylation is 2. The van der Waals surface area contributed by atoms with E-state index in [1.54, 1.807) is 13.0 Å². The number of aromatic nitrogens is 2. The number of nitrogens with zero attached hydrogens (tertiary/aromatic N) is 3. The highest BCUT2D eigenvalue weighted by Gasteiger charge is 2.29. The van der Waals surface area contributed by atoms with Gasteiger partial charge in [0.15, 0.2) is 5.82 Å². The largest absolute Gasteiger partial charge is 0.402 e. The summed E-state index contributed by atoms with van der Waals surface area (Å²) in [4.78, 5) is 13.0. The van der Waals surface area contributed by atoms with E-state index in [-0.39, 0.29) is 5.84 Å². The summed E-state index contributed by atoms with van der Waals surface area (Å²) < 4.78 is 0. The Bertz CT molecular complexity index is 1060. The predicted molar refractivity (Wildman–Crippen MR) is 137 cm³/mol. The Hall–Kier alpha value is -2.64. The van der Waals surface area contributed by atoms with E-state index in [2.05, 4.69) is 51.6 Å². The molecule has 0 aliphatic heterocycles. The summed E-state index contributed by atoms with van der Waals surface area (Å²) in [5.41, 5.74) is 17.0. The summed E-state index contributed by atoms with van der Waals surface area (Å²) in [5.74, 6) is 1.58. The minimum atomic E-state index is 0.236. The van der Waals surface area contributed by atoms with Crippen LogP contribution in [0.5, 0.6) is 0 Å². The van der Waals surface area contributed by atoms with Crippen molar-refractivity contribution in [3.8, 4) is 0 Å². The summed E-state index contributed by atoms with van der Waals surface area (Å²) in [5, 5.41) is 7.44. The molecular weight excluding hydrogens is 434 g/mol. The smallest absolute Gasteiger partial charge is 0.229 e. The lowest BCUT2D eigenvalue weighted by molar-refractivity contribution is 0.340. The number of aliphatic imine (C=N–C) groups is 1. The molecule has 1 aromatic heterocycles. The van der Waals surface area contributed by atoms with Crippen molar-refractivity contribution in [3.05, 3.63) is 51.8 Å². The van der Waals surface area contributed by atoms with Crippen molar-refractivity contribution in [3.63, 3.8) is 0 Å². The van der Waals surface area contributed by atoms with E-state index >= 15 is 0 Å². The highest BCUT2D eigenvalue weighted by Crippen LogP contribution is 2.37. The molecule has 7 nitrogen and oxygen atoms in total. The molecule has 33 heavy (non-hydrogen) atoms. The van der Waals surface area contributed by atoms with Crippen LogP contribution >= 0.6 is 11.6 Å². The molecule has 8 heteroatoms. The number of benzene rings is 1. The summed E-state index contributed by atoms with van der Waals surface area (Å²) in [6.07, 6.45) is 10.8. The van der Waals surface area contributed by atoms with Crippen LogP contribution in [0.15, 0.2) is 35.1 Å². The van der Waals surface area contributed by atoms with Gasteiger partial charge in [0.05, 0.1) is 6.20 Å². The highest BCUT2D eigenvalue weighted by molar-refractivity contribution is 6.32. The van der Waals surface area contributed by atoms with Gasteiger partial charge >= 0.3 is 0 Å². The maximum absolute atomic E-state index is 6.21. The Morgan fingerprint density at radius 1 is 1.06 bits per heavy atom. The molecule has 0 atom stereocenters. The van der Waals surface area contributed by atoms with Crippen LogP contribution in [0, 0.1) is 13.8 Å². The molecule has 2 aliphatic rings.